The van der Waals surface area contributed by atoms with E-state index in [9.17, 15) is 4.79 Å². The van der Waals surface area contributed by atoms with Gasteiger partial charge in [0.05, 0.1) is 17.8 Å². The van der Waals surface area contributed by atoms with Crippen molar-refractivity contribution in [2.45, 2.75) is 19.4 Å². The number of ether oxygens (including phenoxy) is 1. The number of hydrogen-bond donors (Lipinski definition) is 1. The van der Waals surface area contributed by atoms with Gasteiger partial charge in [0.2, 0.25) is 5.91 Å². The molecule has 0 radical (unpaired) electrons. The number of nitrogens with zero attached hydrogens (tertiary/aromatic N) is 2. The van der Waals surface area contributed by atoms with Gasteiger partial charge in [-0.1, -0.05) is 11.6 Å². The Bertz CT molecular complexity index is 375. The van der Waals surface area contributed by atoms with Gasteiger partial charge in [-0.3, -0.25) is 9.48 Å². The van der Waals surface area contributed by atoms with Crippen LogP contribution in [0.5, 0.6) is 0 Å². The fourth-order valence-corrected chi connectivity index (χ4v) is 2.01. The van der Waals surface area contributed by atoms with Gasteiger partial charge >= 0.3 is 0 Å². The standard InChI is InChI=1S/C11H16ClN3O2/c12-10-6-14-15(7-10)3-2-13-11(16)5-9-1-4-17-8-9/h6-7,9H,1-5,8H2,(H,13,16)/t9-/m1/s1. The molecule has 1 saturated heterocycles. The van der Waals surface area contributed by atoms with Gasteiger partial charge in [-0.15, -0.1) is 0 Å². The topological polar surface area (TPSA) is 56.1 Å². The van der Waals surface area contributed by atoms with E-state index in [0.29, 0.717) is 37.1 Å². The Hall–Kier alpha value is -1.07. The molecule has 1 atom stereocenters. The molecule has 2 rings (SSSR count). The fraction of sp³-hybridized carbons (Fsp3) is 0.636. The summed E-state index contributed by atoms with van der Waals surface area (Å²) < 4.78 is 6.94. The Balaban J connectivity index is 1.62. The second kappa shape index (κ2) is 6.02. The van der Waals surface area contributed by atoms with Crippen LogP contribution < -0.4 is 5.32 Å². The number of carbonyl (C=O) groups is 1. The minimum absolute atomic E-state index is 0.0822. The maximum atomic E-state index is 11.6. The monoisotopic (exact) mass is 257 g/mol. The van der Waals surface area contributed by atoms with E-state index in [0.717, 1.165) is 13.0 Å². The van der Waals surface area contributed by atoms with Crippen LogP contribution in [0.2, 0.25) is 5.02 Å². The first-order valence-electron chi connectivity index (χ1n) is 5.76. The Labute approximate surface area is 105 Å². The number of hydrogen-bond acceptors (Lipinski definition) is 3. The van der Waals surface area contributed by atoms with Crippen molar-refractivity contribution in [2.75, 3.05) is 19.8 Å². The molecule has 1 aliphatic rings. The molecule has 0 aromatic carbocycles. The molecular weight excluding hydrogens is 242 g/mol. The molecule has 0 spiro atoms. The summed E-state index contributed by atoms with van der Waals surface area (Å²) in [5, 5.41) is 7.51. The molecule has 1 fully saturated rings. The predicted octanol–water partition coefficient (Wildman–Crippen LogP) is 1.08. The van der Waals surface area contributed by atoms with Gasteiger partial charge in [0.1, 0.15) is 0 Å². The summed E-state index contributed by atoms with van der Waals surface area (Å²) in [4.78, 5) is 11.6. The van der Waals surface area contributed by atoms with Crippen LogP contribution >= 0.6 is 11.6 Å². The zero-order valence-corrected chi connectivity index (χ0v) is 10.3. The van der Waals surface area contributed by atoms with Crippen molar-refractivity contribution in [1.82, 2.24) is 15.1 Å². The molecule has 0 saturated carbocycles. The molecule has 1 aliphatic heterocycles. The molecule has 5 nitrogen and oxygen atoms in total. The van der Waals surface area contributed by atoms with Crippen molar-refractivity contribution in [3.8, 4) is 0 Å². The van der Waals surface area contributed by atoms with Crippen LogP contribution in [0.1, 0.15) is 12.8 Å². The molecule has 0 bridgehead atoms. The average molecular weight is 258 g/mol. The molecule has 6 heteroatoms. The van der Waals surface area contributed by atoms with Crippen LogP contribution in [0, 0.1) is 5.92 Å². The van der Waals surface area contributed by atoms with E-state index in [1.54, 1.807) is 17.1 Å². The first-order chi connectivity index (χ1) is 8.24. The van der Waals surface area contributed by atoms with Crippen molar-refractivity contribution < 1.29 is 9.53 Å². The van der Waals surface area contributed by atoms with Gasteiger partial charge in [0.15, 0.2) is 0 Å². The molecule has 1 amide bonds. The fourth-order valence-electron chi connectivity index (χ4n) is 1.85. The summed E-state index contributed by atoms with van der Waals surface area (Å²) in [6.07, 6.45) is 4.86. The Morgan fingerprint density at radius 3 is 3.24 bits per heavy atom. The third kappa shape index (κ3) is 4.02. The number of carbonyl (C=O) groups excluding carboxylic acids is 1. The van der Waals surface area contributed by atoms with Gasteiger partial charge in [-0.2, -0.15) is 5.10 Å². The highest BCUT2D eigenvalue weighted by molar-refractivity contribution is 6.30. The maximum Gasteiger partial charge on any atom is 0.220 e. The summed E-state index contributed by atoms with van der Waals surface area (Å²) in [6.45, 7) is 2.70. The van der Waals surface area contributed by atoms with Gasteiger partial charge in [-0.25, -0.2) is 0 Å². The van der Waals surface area contributed by atoms with Gasteiger partial charge in [0.25, 0.3) is 0 Å². The SMILES string of the molecule is O=C(C[C@H]1CCOC1)NCCn1cc(Cl)cn1. The van der Waals surface area contributed by atoms with E-state index in [1.165, 1.54) is 0 Å². The van der Waals surface area contributed by atoms with Crippen molar-refractivity contribution in [2.24, 2.45) is 5.92 Å². The van der Waals surface area contributed by atoms with Crippen LogP contribution in [0.4, 0.5) is 0 Å². The number of rotatable bonds is 5. The van der Waals surface area contributed by atoms with E-state index in [1.807, 2.05) is 0 Å². The summed E-state index contributed by atoms with van der Waals surface area (Å²) in [5.41, 5.74) is 0. The van der Waals surface area contributed by atoms with E-state index < -0.39 is 0 Å². The number of nitrogens with one attached hydrogen (secondary N) is 1. The molecule has 1 aromatic rings. The van der Waals surface area contributed by atoms with E-state index >= 15 is 0 Å². The first kappa shape index (κ1) is 12.4. The molecule has 2 heterocycles. The van der Waals surface area contributed by atoms with Crippen LogP contribution in [0.3, 0.4) is 0 Å². The third-order valence-electron chi connectivity index (χ3n) is 2.76. The van der Waals surface area contributed by atoms with Gasteiger partial charge in [0, 0.05) is 32.4 Å². The lowest BCUT2D eigenvalue weighted by molar-refractivity contribution is -0.122. The minimum atomic E-state index is 0.0822. The Morgan fingerprint density at radius 2 is 2.59 bits per heavy atom. The van der Waals surface area contributed by atoms with E-state index in [2.05, 4.69) is 10.4 Å². The summed E-state index contributed by atoms with van der Waals surface area (Å²) in [7, 11) is 0. The van der Waals surface area contributed by atoms with Crippen LogP contribution in [0.25, 0.3) is 0 Å². The van der Waals surface area contributed by atoms with Gasteiger partial charge < -0.3 is 10.1 Å². The number of aromatic nitrogens is 2. The Kier molecular flexibility index (Phi) is 4.39. The average Bonchev–Trinajstić information content (AvgIpc) is 2.90. The predicted molar refractivity (Wildman–Crippen MR) is 63.8 cm³/mol. The second-order valence-electron chi connectivity index (χ2n) is 4.21. The summed E-state index contributed by atoms with van der Waals surface area (Å²) in [6, 6.07) is 0. The largest absolute Gasteiger partial charge is 0.381 e. The Morgan fingerprint density at radius 1 is 1.71 bits per heavy atom. The zero-order chi connectivity index (χ0) is 12.1. The number of halogens is 1. The van der Waals surface area contributed by atoms with Crippen LogP contribution in [0.15, 0.2) is 12.4 Å². The van der Waals surface area contributed by atoms with Gasteiger partial charge in [-0.05, 0) is 12.3 Å². The molecule has 94 valence electrons. The maximum absolute atomic E-state index is 11.6. The highest BCUT2D eigenvalue weighted by Gasteiger charge is 2.18. The third-order valence-corrected chi connectivity index (χ3v) is 2.96. The van der Waals surface area contributed by atoms with Crippen LogP contribution in [-0.2, 0) is 16.1 Å². The lowest BCUT2D eigenvalue weighted by Gasteiger charge is -2.08. The van der Waals surface area contributed by atoms with Crippen molar-refractivity contribution in [3.63, 3.8) is 0 Å². The molecule has 1 N–H and O–H groups in total. The minimum Gasteiger partial charge on any atom is -0.381 e. The highest BCUT2D eigenvalue weighted by atomic mass is 35.5. The zero-order valence-electron chi connectivity index (χ0n) is 9.56. The number of amides is 1. The van der Waals surface area contributed by atoms with Crippen molar-refractivity contribution in [3.05, 3.63) is 17.4 Å². The van der Waals surface area contributed by atoms with E-state index in [-0.39, 0.29) is 5.91 Å². The quantitative estimate of drug-likeness (QED) is 0.859. The smallest absolute Gasteiger partial charge is 0.220 e. The summed E-state index contributed by atoms with van der Waals surface area (Å²) in [5.74, 6) is 0.466. The van der Waals surface area contributed by atoms with E-state index in [4.69, 9.17) is 16.3 Å². The lowest BCUT2D eigenvalue weighted by Crippen LogP contribution is -2.29. The normalized spacial score (nSPS) is 19.5. The van der Waals surface area contributed by atoms with Crippen molar-refractivity contribution in [1.29, 1.82) is 0 Å². The lowest BCUT2D eigenvalue weighted by atomic mass is 10.1. The van der Waals surface area contributed by atoms with Crippen molar-refractivity contribution >= 4 is 17.5 Å². The molecular formula is C11H16ClN3O2. The molecule has 17 heavy (non-hydrogen) atoms. The van der Waals surface area contributed by atoms with Crippen LogP contribution in [-0.4, -0.2) is 35.4 Å². The summed E-state index contributed by atoms with van der Waals surface area (Å²) >= 11 is 5.73. The molecule has 1 aromatic heterocycles. The molecule has 0 unspecified atom stereocenters. The first-order valence-corrected chi connectivity index (χ1v) is 6.14. The second-order valence-corrected chi connectivity index (χ2v) is 4.64. The molecule has 0 aliphatic carbocycles. The highest BCUT2D eigenvalue weighted by Crippen LogP contribution is 2.15.